The second-order valence-corrected chi connectivity index (χ2v) is 6.45. The first-order chi connectivity index (χ1) is 10.4. The molecule has 8 heteroatoms. The molecule has 0 fully saturated rings. The van der Waals surface area contributed by atoms with Gasteiger partial charge in [-0.3, -0.25) is 14.2 Å². The van der Waals surface area contributed by atoms with Crippen LogP contribution in [0.2, 0.25) is 0 Å². The summed E-state index contributed by atoms with van der Waals surface area (Å²) in [7, 11) is -3.20. The van der Waals surface area contributed by atoms with Crippen molar-refractivity contribution in [3.05, 3.63) is 12.2 Å². The third kappa shape index (κ3) is 9.84. The fraction of sp³-hybridized carbons (Fsp3) is 0.714. The van der Waals surface area contributed by atoms with Gasteiger partial charge in [0.15, 0.2) is 0 Å². The maximum absolute atomic E-state index is 12.1. The van der Waals surface area contributed by atoms with E-state index in [0.29, 0.717) is 0 Å². The molecule has 7 nitrogen and oxygen atoms in total. The minimum Gasteiger partial charge on any atom is -0.466 e. The molecule has 0 spiro atoms. The predicted molar refractivity (Wildman–Crippen MR) is 81.7 cm³/mol. The smallest absolute Gasteiger partial charge is 0.334 e. The average Bonchev–Trinajstić information content (AvgIpc) is 2.38. The van der Waals surface area contributed by atoms with Crippen molar-refractivity contribution >= 4 is 19.3 Å². The maximum Gasteiger partial charge on any atom is 0.334 e. The first-order valence-corrected chi connectivity index (χ1v) is 8.99. The Morgan fingerprint density at radius 1 is 1.14 bits per heavy atom. The van der Waals surface area contributed by atoms with Crippen LogP contribution in [0.5, 0.6) is 0 Å². The van der Waals surface area contributed by atoms with Crippen molar-refractivity contribution in [3.63, 3.8) is 0 Å². The van der Waals surface area contributed by atoms with E-state index in [-0.39, 0.29) is 38.8 Å². The molecular formula is C14H25O7P. The van der Waals surface area contributed by atoms with Crippen LogP contribution in [0.1, 0.15) is 33.6 Å². The van der Waals surface area contributed by atoms with Gasteiger partial charge in [-0.25, -0.2) is 0 Å². The Bertz CT molecular complexity index is 409. The van der Waals surface area contributed by atoms with Crippen LogP contribution in [0, 0.1) is 0 Å². The van der Waals surface area contributed by atoms with E-state index in [9.17, 15) is 19.3 Å². The van der Waals surface area contributed by atoms with Crippen molar-refractivity contribution in [3.8, 4) is 0 Å². The number of carbonyl (C=O) groups excluding carboxylic acids is 2. The van der Waals surface area contributed by atoms with Gasteiger partial charge in [0, 0.05) is 6.42 Å². The summed E-state index contributed by atoms with van der Waals surface area (Å²) in [6, 6.07) is 0. The van der Waals surface area contributed by atoms with Gasteiger partial charge in [-0.2, -0.15) is 0 Å². The van der Waals surface area contributed by atoms with E-state index in [2.05, 4.69) is 4.74 Å². The molecule has 0 radical (unpaired) electrons. The quantitative estimate of drug-likeness (QED) is 0.252. The monoisotopic (exact) mass is 336 g/mol. The molecule has 0 saturated heterocycles. The van der Waals surface area contributed by atoms with Gasteiger partial charge in [-0.05, 0) is 20.8 Å². The highest BCUT2D eigenvalue weighted by molar-refractivity contribution is 7.54. The van der Waals surface area contributed by atoms with E-state index in [1.165, 1.54) is 12.2 Å². The van der Waals surface area contributed by atoms with Crippen LogP contribution >= 0.6 is 7.60 Å². The van der Waals surface area contributed by atoms with Crippen molar-refractivity contribution < 1.29 is 33.0 Å². The van der Waals surface area contributed by atoms with Crippen LogP contribution in [0.3, 0.4) is 0 Å². The lowest BCUT2D eigenvalue weighted by Gasteiger charge is -2.15. The molecule has 128 valence electrons. The summed E-state index contributed by atoms with van der Waals surface area (Å²) < 4.78 is 26.9. The Kier molecular flexibility index (Phi) is 11.0. The van der Waals surface area contributed by atoms with Gasteiger partial charge in [0.25, 0.3) is 0 Å². The Hall–Kier alpha value is -1.01. The minimum atomic E-state index is -3.20. The summed E-state index contributed by atoms with van der Waals surface area (Å²) in [6.45, 7) is 5.78. The molecule has 0 amide bonds. The molecule has 0 aliphatic carbocycles. The predicted octanol–water partition coefficient (Wildman–Crippen LogP) is 2.08. The van der Waals surface area contributed by atoms with E-state index in [1.807, 2.05) is 0 Å². The van der Waals surface area contributed by atoms with Crippen LogP contribution in [0.4, 0.5) is 0 Å². The largest absolute Gasteiger partial charge is 0.466 e. The number of ketones is 1. The molecule has 0 saturated carbocycles. The maximum atomic E-state index is 12.1. The van der Waals surface area contributed by atoms with Gasteiger partial charge >= 0.3 is 13.6 Å². The fourth-order valence-electron chi connectivity index (χ4n) is 1.63. The Balaban J connectivity index is 4.29. The lowest BCUT2D eigenvalue weighted by atomic mass is 10.1. The second kappa shape index (κ2) is 11.5. The van der Waals surface area contributed by atoms with Crippen LogP contribution in [-0.4, -0.2) is 48.9 Å². The van der Waals surface area contributed by atoms with E-state index < -0.39 is 25.5 Å². The number of Topliss-reactive ketones (excluding diaryl/α,β-unsaturated/α-hetero) is 1. The highest BCUT2D eigenvalue weighted by Crippen LogP contribution is 2.47. The molecular weight excluding hydrogens is 311 g/mol. The topological polar surface area (TPSA) is 99.1 Å². The second-order valence-electron chi connectivity index (χ2n) is 4.35. The van der Waals surface area contributed by atoms with Crippen LogP contribution < -0.4 is 0 Å². The van der Waals surface area contributed by atoms with Crippen LogP contribution in [0.15, 0.2) is 12.2 Å². The van der Waals surface area contributed by atoms with Crippen molar-refractivity contribution in [2.75, 3.05) is 26.0 Å². The van der Waals surface area contributed by atoms with E-state index >= 15 is 0 Å². The fourth-order valence-corrected chi connectivity index (χ4v) is 3.08. The zero-order chi connectivity index (χ0) is 17.0. The minimum absolute atomic E-state index is 0.0117. The summed E-state index contributed by atoms with van der Waals surface area (Å²) >= 11 is 0. The van der Waals surface area contributed by atoms with Gasteiger partial charge in [0.1, 0.15) is 12.2 Å². The number of hydrogen-bond donors (Lipinski definition) is 1. The lowest BCUT2D eigenvalue weighted by Crippen LogP contribution is -2.16. The molecule has 0 aromatic heterocycles. The zero-order valence-corrected chi connectivity index (χ0v) is 14.2. The summed E-state index contributed by atoms with van der Waals surface area (Å²) in [5, 5.41) is 9.69. The van der Waals surface area contributed by atoms with Crippen LogP contribution in [0.25, 0.3) is 0 Å². The number of carbonyl (C=O) groups is 2. The van der Waals surface area contributed by atoms with Gasteiger partial charge in [0.05, 0.1) is 32.1 Å². The molecule has 0 heterocycles. The highest BCUT2D eigenvalue weighted by atomic mass is 31.2. The molecule has 0 rings (SSSR count). The van der Waals surface area contributed by atoms with Gasteiger partial charge in [0.2, 0.25) is 0 Å². The Morgan fingerprint density at radius 2 is 1.73 bits per heavy atom. The molecule has 0 aliphatic heterocycles. The molecule has 1 atom stereocenters. The number of ether oxygens (including phenoxy) is 1. The summed E-state index contributed by atoms with van der Waals surface area (Å²) in [4.78, 5) is 22.6. The van der Waals surface area contributed by atoms with Gasteiger partial charge < -0.3 is 18.9 Å². The van der Waals surface area contributed by atoms with Crippen molar-refractivity contribution in [2.24, 2.45) is 0 Å². The van der Waals surface area contributed by atoms with Gasteiger partial charge in [-0.1, -0.05) is 12.2 Å². The number of hydrogen-bond acceptors (Lipinski definition) is 7. The molecule has 22 heavy (non-hydrogen) atoms. The number of allylic oxidation sites excluding steroid dienone is 1. The first-order valence-electron chi connectivity index (χ1n) is 7.27. The summed E-state index contributed by atoms with van der Waals surface area (Å²) in [5.41, 5.74) is 0. The van der Waals surface area contributed by atoms with E-state index in [0.717, 1.165) is 0 Å². The van der Waals surface area contributed by atoms with E-state index in [1.54, 1.807) is 20.8 Å². The molecule has 1 N–H and O–H groups in total. The number of esters is 1. The molecule has 0 bridgehead atoms. The standard InChI is InChI=1S/C14H25O7P/c1-4-19-14(17)11-13(16)10-12(15)8-7-9-22(18,20-5-2)21-6-3/h7-8,12,15H,4-6,9-11H2,1-3H3/b8-7+/t12-/m0/s1. The van der Waals surface area contributed by atoms with Crippen molar-refractivity contribution in [2.45, 2.75) is 39.7 Å². The van der Waals surface area contributed by atoms with Crippen molar-refractivity contribution in [1.82, 2.24) is 0 Å². The SMILES string of the molecule is CCOC(=O)CC(=O)C[C@@H](O)/C=C/CP(=O)(OCC)OCC. The number of rotatable bonds is 12. The first kappa shape index (κ1) is 21.0. The Morgan fingerprint density at radius 3 is 2.23 bits per heavy atom. The molecule has 0 aromatic rings. The summed E-state index contributed by atoms with van der Waals surface area (Å²) in [6.07, 6.45) is 1.18. The number of aliphatic hydroxyl groups is 1. The van der Waals surface area contributed by atoms with Crippen molar-refractivity contribution in [1.29, 1.82) is 0 Å². The summed E-state index contributed by atoms with van der Waals surface area (Å²) in [5.74, 6) is -1.03. The third-order valence-electron chi connectivity index (χ3n) is 2.42. The molecule has 0 unspecified atom stereocenters. The van der Waals surface area contributed by atoms with Gasteiger partial charge in [-0.15, -0.1) is 0 Å². The average molecular weight is 336 g/mol. The zero-order valence-electron chi connectivity index (χ0n) is 13.3. The number of aliphatic hydroxyl groups excluding tert-OH is 1. The molecule has 0 aliphatic rings. The molecule has 0 aromatic carbocycles. The normalized spacial score (nSPS) is 13.3. The highest BCUT2D eigenvalue weighted by Gasteiger charge is 2.21. The lowest BCUT2D eigenvalue weighted by molar-refractivity contribution is -0.145. The van der Waals surface area contributed by atoms with Crippen LogP contribution in [-0.2, 0) is 27.9 Å². The van der Waals surface area contributed by atoms with E-state index in [4.69, 9.17) is 9.05 Å². The Labute approximate surface area is 131 Å². The third-order valence-corrected chi connectivity index (χ3v) is 4.38.